The monoisotopic (exact) mass is 173 g/mol. The van der Waals surface area contributed by atoms with E-state index >= 15 is 0 Å². The number of ether oxygens (including phenoxy) is 1. The maximum absolute atomic E-state index is 5.92. The molecule has 13 heavy (non-hydrogen) atoms. The second-order valence-corrected chi connectivity index (χ2v) is 3.14. The van der Waals surface area contributed by atoms with Crippen LogP contribution in [0.4, 0.5) is 0 Å². The molecule has 2 nitrogen and oxygen atoms in total. The second kappa shape index (κ2) is 3.12. The average Bonchev–Trinajstić information content (AvgIpc) is 2.18. The third-order valence-electron chi connectivity index (χ3n) is 2.26. The van der Waals surface area contributed by atoms with E-state index in [0.717, 1.165) is 23.3 Å². The van der Waals surface area contributed by atoms with Crippen molar-refractivity contribution < 1.29 is 4.74 Å². The van der Waals surface area contributed by atoms with Crippen molar-refractivity contribution >= 4 is 0 Å². The van der Waals surface area contributed by atoms with Crippen molar-refractivity contribution in [2.24, 2.45) is 5.73 Å². The zero-order valence-electron chi connectivity index (χ0n) is 7.29. The quantitative estimate of drug-likeness (QED) is 0.603. The van der Waals surface area contributed by atoms with Gasteiger partial charge in [-0.15, -0.1) is 6.42 Å². The molecule has 1 aromatic rings. The SMILES string of the molecule is C#Cc1ccc2c(c1)[C@H](N)CCO2. The lowest BCUT2D eigenvalue weighted by molar-refractivity contribution is 0.269. The minimum atomic E-state index is 0.0667. The van der Waals surface area contributed by atoms with Crippen LogP contribution in [0.15, 0.2) is 18.2 Å². The molecular weight excluding hydrogens is 162 g/mol. The Labute approximate surface area is 77.7 Å². The van der Waals surface area contributed by atoms with Gasteiger partial charge >= 0.3 is 0 Å². The first-order valence-corrected chi connectivity index (χ1v) is 4.30. The molecule has 1 heterocycles. The molecule has 2 rings (SSSR count). The van der Waals surface area contributed by atoms with Gasteiger partial charge < -0.3 is 10.5 Å². The Hall–Kier alpha value is -1.46. The van der Waals surface area contributed by atoms with Crippen molar-refractivity contribution in [3.63, 3.8) is 0 Å². The van der Waals surface area contributed by atoms with Crippen LogP contribution >= 0.6 is 0 Å². The fourth-order valence-electron chi connectivity index (χ4n) is 1.51. The molecule has 1 aliphatic heterocycles. The maximum atomic E-state index is 5.92. The normalized spacial score (nSPS) is 19.8. The first-order valence-electron chi connectivity index (χ1n) is 4.30. The van der Waals surface area contributed by atoms with E-state index in [2.05, 4.69) is 5.92 Å². The molecule has 2 heteroatoms. The summed E-state index contributed by atoms with van der Waals surface area (Å²) in [6.07, 6.45) is 6.16. The Morgan fingerprint density at radius 1 is 1.54 bits per heavy atom. The summed E-state index contributed by atoms with van der Waals surface area (Å²) in [5.41, 5.74) is 7.81. The lowest BCUT2D eigenvalue weighted by atomic mass is 9.99. The van der Waals surface area contributed by atoms with Crippen LogP contribution in [0, 0.1) is 12.3 Å². The molecule has 2 N–H and O–H groups in total. The number of nitrogens with two attached hydrogens (primary N) is 1. The molecule has 0 fully saturated rings. The number of hydrogen-bond donors (Lipinski definition) is 1. The molecule has 1 aromatic carbocycles. The number of terminal acetylenes is 1. The van der Waals surface area contributed by atoms with Crippen molar-refractivity contribution in [3.8, 4) is 18.1 Å². The van der Waals surface area contributed by atoms with Gasteiger partial charge in [-0.1, -0.05) is 5.92 Å². The highest BCUT2D eigenvalue weighted by atomic mass is 16.5. The molecule has 0 amide bonds. The summed E-state index contributed by atoms with van der Waals surface area (Å²) in [7, 11) is 0. The summed E-state index contributed by atoms with van der Waals surface area (Å²) in [6, 6.07) is 5.76. The zero-order valence-corrected chi connectivity index (χ0v) is 7.29. The van der Waals surface area contributed by atoms with Gasteiger partial charge in [-0.3, -0.25) is 0 Å². The highest BCUT2D eigenvalue weighted by Gasteiger charge is 2.17. The predicted molar refractivity (Wildman–Crippen MR) is 51.4 cm³/mol. The van der Waals surface area contributed by atoms with Gasteiger partial charge in [0.2, 0.25) is 0 Å². The maximum Gasteiger partial charge on any atom is 0.124 e. The highest BCUT2D eigenvalue weighted by Crippen LogP contribution is 2.30. The summed E-state index contributed by atoms with van der Waals surface area (Å²) in [6.45, 7) is 0.698. The molecule has 0 spiro atoms. The fraction of sp³-hybridized carbons (Fsp3) is 0.273. The Bertz CT molecular complexity index is 365. The van der Waals surface area contributed by atoms with Crippen LogP contribution in [-0.2, 0) is 0 Å². The van der Waals surface area contributed by atoms with Gasteiger partial charge in [0.15, 0.2) is 0 Å². The van der Waals surface area contributed by atoms with Crippen LogP contribution in [0.25, 0.3) is 0 Å². The Morgan fingerprint density at radius 2 is 2.38 bits per heavy atom. The molecular formula is C11H11NO. The number of fused-ring (bicyclic) bond motifs is 1. The smallest absolute Gasteiger partial charge is 0.124 e. The standard InChI is InChI=1S/C11H11NO/c1-2-8-3-4-11-9(7-8)10(12)5-6-13-11/h1,3-4,7,10H,5-6,12H2/t10-/m1/s1. The number of hydrogen-bond acceptors (Lipinski definition) is 2. The molecule has 0 aromatic heterocycles. The molecule has 1 aliphatic rings. The second-order valence-electron chi connectivity index (χ2n) is 3.14. The summed E-state index contributed by atoms with van der Waals surface area (Å²) < 4.78 is 5.44. The van der Waals surface area contributed by atoms with Gasteiger partial charge in [0.25, 0.3) is 0 Å². The summed E-state index contributed by atoms with van der Waals surface area (Å²) >= 11 is 0. The zero-order chi connectivity index (χ0) is 9.26. The summed E-state index contributed by atoms with van der Waals surface area (Å²) in [5.74, 6) is 3.46. The summed E-state index contributed by atoms with van der Waals surface area (Å²) in [4.78, 5) is 0. The highest BCUT2D eigenvalue weighted by molar-refractivity contribution is 5.45. The van der Waals surface area contributed by atoms with Crippen LogP contribution in [0.2, 0.25) is 0 Å². The molecule has 1 atom stereocenters. The minimum absolute atomic E-state index is 0.0667. The van der Waals surface area contributed by atoms with Crippen molar-refractivity contribution in [2.75, 3.05) is 6.61 Å². The van der Waals surface area contributed by atoms with E-state index in [1.54, 1.807) is 0 Å². The van der Waals surface area contributed by atoms with Gasteiger partial charge in [0, 0.05) is 23.6 Å². The van der Waals surface area contributed by atoms with E-state index in [1.165, 1.54) is 0 Å². The average molecular weight is 173 g/mol. The van der Waals surface area contributed by atoms with Crippen LogP contribution in [0.1, 0.15) is 23.6 Å². The van der Waals surface area contributed by atoms with Crippen LogP contribution in [-0.4, -0.2) is 6.61 Å². The number of rotatable bonds is 0. The first kappa shape index (κ1) is 8.15. The molecule has 0 aliphatic carbocycles. The van der Waals surface area contributed by atoms with Crippen LogP contribution < -0.4 is 10.5 Å². The molecule has 0 radical (unpaired) electrons. The van der Waals surface area contributed by atoms with E-state index in [0.29, 0.717) is 6.61 Å². The van der Waals surface area contributed by atoms with Crippen LogP contribution in [0.3, 0.4) is 0 Å². The predicted octanol–water partition coefficient (Wildman–Crippen LogP) is 1.45. The molecule has 0 saturated carbocycles. The van der Waals surface area contributed by atoms with Gasteiger partial charge in [-0.2, -0.15) is 0 Å². The van der Waals surface area contributed by atoms with E-state index in [4.69, 9.17) is 16.9 Å². The third-order valence-corrected chi connectivity index (χ3v) is 2.26. The van der Waals surface area contributed by atoms with E-state index in [1.807, 2.05) is 18.2 Å². The van der Waals surface area contributed by atoms with Crippen molar-refractivity contribution in [2.45, 2.75) is 12.5 Å². The third kappa shape index (κ3) is 1.39. The van der Waals surface area contributed by atoms with E-state index in [-0.39, 0.29) is 6.04 Å². The molecule has 66 valence electrons. The van der Waals surface area contributed by atoms with Crippen LogP contribution in [0.5, 0.6) is 5.75 Å². The van der Waals surface area contributed by atoms with Gasteiger partial charge in [0.1, 0.15) is 5.75 Å². The molecule has 0 bridgehead atoms. The Kier molecular flexibility index (Phi) is 1.96. The molecule has 0 saturated heterocycles. The summed E-state index contributed by atoms with van der Waals surface area (Å²) in [5, 5.41) is 0. The van der Waals surface area contributed by atoms with E-state index < -0.39 is 0 Å². The van der Waals surface area contributed by atoms with Crippen molar-refractivity contribution in [1.82, 2.24) is 0 Å². The Balaban J connectivity index is 2.48. The first-order chi connectivity index (χ1) is 6.31. The fourth-order valence-corrected chi connectivity index (χ4v) is 1.51. The molecule has 0 unspecified atom stereocenters. The number of benzene rings is 1. The van der Waals surface area contributed by atoms with Gasteiger partial charge in [-0.05, 0) is 18.2 Å². The largest absolute Gasteiger partial charge is 0.493 e. The lowest BCUT2D eigenvalue weighted by Gasteiger charge is -2.22. The van der Waals surface area contributed by atoms with Crippen molar-refractivity contribution in [3.05, 3.63) is 29.3 Å². The topological polar surface area (TPSA) is 35.2 Å². The minimum Gasteiger partial charge on any atom is -0.493 e. The lowest BCUT2D eigenvalue weighted by Crippen LogP contribution is -2.20. The van der Waals surface area contributed by atoms with E-state index in [9.17, 15) is 0 Å². The van der Waals surface area contributed by atoms with Gasteiger partial charge in [-0.25, -0.2) is 0 Å². The van der Waals surface area contributed by atoms with Crippen molar-refractivity contribution in [1.29, 1.82) is 0 Å². The van der Waals surface area contributed by atoms with Gasteiger partial charge in [0.05, 0.1) is 6.61 Å². The Morgan fingerprint density at radius 3 is 3.15 bits per heavy atom.